The molecule has 0 aliphatic rings. The van der Waals surface area contributed by atoms with Gasteiger partial charge in [0.25, 0.3) is 0 Å². The van der Waals surface area contributed by atoms with Crippen molar-refractivity contribution in [1.82, 2.24) is 14.8 Å². The van der Waals surface area contributed by atoms with Crippen LogP contribution in [0.2, 0.25) is 5.02 Å². The summed E-state index contributed by atoms with van der Waals surface area (Å²) in [5.74, 6) is -0.169. The fourth-order valence-electron chi connectivity index (χ4n) is 2.09. The van der Waals surface area contributed by atoms with Gasteiger partial charge in [0.05, 0.1) is 0 Å². The van der Waals surface area contributed by atoms with Crippen LogP contribution < -0.4 is 5.32 Å². The summed E-state index contributed by atoms with van der Waals surface area (Å²) in [5, 5.41) is 13.4. The van der Waals surface area contributed by atoms with E-state index in [1.807, 2.05) is 35.0 Å². The molecule has 6 nitrogen and oxygen atoms in total. The molecule has 22 heavy (non-hydrogen) atoms. The van der Waals surface area contributed by atoms with Gasteiger partial charge in [0.15, 0.2) is 0 Å². The Hall–Kier alpha value is -1.96. The number of amides is 1. The highest BCUT2D eigenvalue weighted by molar-refractivity contribution is 7.15. The third-order valence-corrected chi connectivity index (χ3v) is 4.08. The summed E-state index contributed by atoms with van der Waals surface area (Å²) in [6, 6.07) is 7.53. The fraction of sp³-hybridized carbons (Fsp3) is 0.214. The third kappa shape index (κ3) is 3.27. The highest BCUT2D eigenvalue weighted by Crippen LogP contribution is 2.21. The minimum atomic E-state index is -0.169. The zero-order valence-electron chi connectivity index (χ0n) is 11.7. The van der Waals surface area contributed by atoms with Gasteiger partial charge in [-0.3, -0.25) is 10.1 Å². The van der Waals surface area contributed by atoms with E-state index in [0.717, 1.165) is 15.9 Å². The van der Waals surface area contributed by atoms with Gasteiger partial charge in [0, 0.05) is 23.8 Å². The van der Waals surface area contributed by atoms with Crippen LogP contribution in [0.4, 0.5) is 5.13 Å². The number of carbonyl (C=O) groups excluding carboxylic acids is 1. The number of halogens is 1. The molecule has 114 valence electrons. The van der Waals surface area contributed by atoms with Crippen LogP contribution in [0.15, 0.2) is 30.5 Å². The second kappa shape index (κ2) is 6.43. The lowest BCUT2D eigenvalue weighted by molar-refractivity contribution is -0.116. The number of carbonyl (C=O) groups is 1. The van der Waals surface area contributed by atoms with Crippen molar-refractivity contribution in [2.24, 2.45) is 0 Å². The number of fused-ring (bicyclic) bond motifs is 1. The number of hydrogen-bond donors (Lipinski definition) is 1. The lowest BCUT2D eigenvalue weighted by Crippen LogP contribution is -2.18. The standard InChI is InChI=1S/C14H13ClN4O2S/c1-21-8-13-17-18-14(22-13)16-12(20)7-19-5-4-9-2-3-10(15)6-11(9)19/h2-6H,7-8H2,1H3,(H,16,18,20). The Bertz CT molecular complexity index is 814. The van der Waals surface area contributed by atoms with Gasteiger partial charge in [-0.1, -0.05) is 29.0 Å². The minimum absolute atomic E-state index is 0.169. The lowest BCUT2D eigenvalue weighted by Gasteiger charge is -2.05. The van der Waals surface area contributed by atoms with Crippen LogP contribution in [0.25, 0.3) is 10.9 Å². The number of hydrogen-bond acceptors (Lipinski definition) is 5. The fourth-order valence-corrected chi connectivity index (χ4v) is 2.99. The summed E-state index contributed by atoms with van der Waals surface area (Å²) in [5.41, 5.74) is 0.917. The van der Waals surface area contributed by atoms with Crippen molar-refractivity contribution >= 4 is 44.9 Å². The van der Waals surface area contributed by atoms with Gasteiger partial charge in [0.2, 0.25) is 11.0 Å². The van der Waals surface area contributed by atoms with Gasteiger partial charge >= 0.3 is 0 Å². The molecule has 2 heterocycles. The molecule has 0 aliphatic carbocycles. The third-order valence-electron chi connectivity index (χ3n) is 3.03. The Labute approximate surface area is 135 Å². The molecule has 0 unspecified atom stereocenters. The average Bonchev–Trinajstić information content (AvgIpc) is 3.07. The molecule has 1 amide bonds. The number of nitrogens with zero attached hydrogens (tertiary/aromatic N) is 3. The van der Waals surface area contributed by atoms with E-state index >= 15 is 0 Å². The van der Waals surface area contributed by atoms with Crippen LogP contribution in [0.5, 0.6) is 0 Å². The predicted molar refractivity (Wildman–Crippen MR) is 86.2 cm³/mol. The molecule has 3 aromatic rings. The highest BCUT2D eigenvalue weighted by Gasteiger charge is 2.10. The van der Waals surface area contributed by atoms with Gasteiger partial charge in [-0.2, -0.15) is 0 Å². The Morgan fingerprint density at radius 3 is 3.09 bits per heavy atom. The van der Waals surface area contributed by atoms with Crippen molar-refractivity contribution in [1.29, 1.82) is 0 Å². The van der Waals surface area contributed by atoms with Crippen molar-refractivity contribution in [3.8, 4) is 0 Å². The maximum atomic E-state index is 12.1. The molecule has 8 heteroatoms. The summed E-state index contributed by atoms with van der Waals surface area (Å²) < 4.78 is 6.81. The Balaban J connectivity index is 1.71. The normalized spacial score (nSPS) is 11.0. The van der Waals surface area contributed by atoms with Crippen LogP contribution in [-0.2, 0) is 22.7 Å². The summed E-state index contributed by atoms with van der Waals surface area (Å²) in [6.45, 7) is 0.567. The van der Waals surface area contributed by atoms with Crippen molar-refractivity contribution in [3.05, 3.63) is 40.5 Å². The molecule has 0 spiro atoms. The van der Waals surface area contributed by atoms with Crippen molar-refractivity contribution < 1.29 is 9.53 Å². The van der Waals surface area contributed by atoms with Crippen LogP contribution in [0, 0.1) is 0 Å². The van der Waals surface area contributed by atoms with Crippen LogP contribution >= 0.6 is 22.9 Å². The number of anilines is 1. The Morgan fingerprint density at radius 1 is 1.41 bits per heavy atom. The SMILES string of the molecule is COCc1nnc(NC(=O)Cn2ccc3ccc(Cl)cc32)s1. The monoisotopic (exact) mass is 336 g/mol. The summed E-state index contributed by atoms with van der Waals surface area (Å²) in [4.78, 5) is 12.1. The van der Waals surface area contributed by atoms with Crippen LogP contribution in [0.1, 0.15) is 5.01 Å². The van der Waals surface area contributed by atoms with Gasteiger partial charge in [-0.05, 0) is 23.6 Å². The van der Waals surface area contributed by atoms with Gasteiger partial charge < -0.3 is 9.30 Å². The number of methoxy groups -OCH3 is 1. The smallest absolute Gasteiger partial charge is 0.246 e. The Kier molecular flexibility index (Phi) is 4.37. The van der Waals surface area contributed by atoms with Crippen LogP contribution in [0.3, 0.4) is 0 Å². The zero-order valence-corrected chi connectivity index (χ0v) is 13.3. The summed E-state index contributed by atoms with van der Waals surface area (Å²) >= 11 is 7.30. The van der Waals surface area contributed by atoms with Gasteiger partial charge in [0.1, 0.15) is 18.2 Å². The van der Waals surface area contributed by atoms with Crippen molar-refractivity contribution in [2.75, 3.05) is 12.4 Å². The van der Waals surface area contributed by atoms with Crippen LogP contribution in [-0.4, -0.2) is 27.8 Å². The van der Waals surface area contributed by atoms with E-state index in [0.29, 0.717) is 16.8 Å². The van der Waals surface area contributed by atoms with Crippen molar-refractivity contribution in [2.45, 2.75) is 13.2 Å². The quantitative estimate of drug-likeness (QED) is 0.777. The van der Waals surface area contributed by atoms with Gasteiger partial charge in [-0.25, -0.2) is 0 Å². The maximum Gasteiger partial charge on any atom is 0.246 e. The van der Waals surface area contributed by atoms with E-state index in [-0.39, 0.29) is 12.5 Å². The maximum absolute atomic E-state index is 12.1. The summed E-state index contributed by atoms with van der Waals surface area (Å²) in [6.07, 6.45) is 1.86. The first kappa shape index (κ1) is 15.0. The van der Waals surface area contributed by atoms with E-state index in [4.69, 9.17) is 16.3 Å². The molecule has 0 radical (unpaired) electrons. The molecular formula is C14H13ClN4O2S. The number of aromatic nitrogens is 3. The lowest BCUT2D eigenvalue weighted by atomic mass is 10.2. The van der Waals surface area contributed by atoms with E-state index < -0.39 is 0 Å². The molecule has 2 aromatic heterocycles. The number of benzene rings is 1. The second-order valence-corrected chi connectivity index (χ2v) is 6.13. The number of ether oxygens (including phenoxy) is 1. The molecule has 0 saturated heterocycles. The Morgan fingerprint density at radius 2 is 2.27 bits per heavy atom. The summed E-state index contributed by atoms with van der Waals surface area (Å²) in [7, 11) is 1.59. The van der Waals surface area contributed by atoms with E-state index in [1.165, 1.54) is 11.3 Å². The molecule has 3 rings (SSSR count). The van der Waals surface area contributed by atoms with Gasteiger partial charge in [-0.15, -0.1) is 10.2 Å². The van der Waals surface area contributed by atoms with Crippen molar-refractivity contribution in [3.63, 3.8) is 0 Å². The largest absolute Gasteiger partial charge is 0.377 e. The average molecular weight is 337 g/mol. The molecule has 0 atom stereocenters. The number of nitrogens with one attached hydrogen (secondary N) is 1. The minimum Gasteiger partial charge on any atom is -0.377 e. The van der Waals surface area contributed by atoms with E-state index in [1.54, 1.807) is 7.11 Å². The first-order valence-electron chi connectivity index (χ1n) is 6.51. The number of rotatable bonds is 5. The molecule has 0 aliphatic heterocycles. The van der Waals surface area contributed by atoms with E-state index in [2.05, 4.69) is 15.5 Å². The topological polar surface area (TPSA) is 69.0 Å². The molecule has 0 fully saturated rings. The first-order valence-corrected chi connectivity index (χ1v) is 7.71. The molecule has 1 N–H and O–H groups in total. The first-order chi connectivity index (χ1) is 10.7. The predicted octanol–water partition coefficient (Wildman–Crippen LogP) is 2.93. The molecule has 0 saturated carbocycles. The second-order valence-electron chi connectivity index (χ2n) is 4.63. The molecular weight excluding hydrogens is 324 g/mol. The highest BCUT2D eigenvalue weighted by atomic mass is 35.5. The molecule has 1 aromatic carbocycles. The molecule has 0 bridgehead atoms. The van der Waals surface area contributed by atoms with E-state index in [9.17, 15) is 4.79 Å². The zero-order chi connectivity index (χ0) is 15.5.